The fourth-order valence-corrected chi connectivity index (χ4v) is 2.12. The highest BCUT2D eigenvalue weighted by molar-refractivity contribution is 5.90. The Morgan fingerprint density at radius 1 is 1.35 bits per heavy atom. The molecule has 2 N–H and O–H groups in total. The predicted octanol–water partition coefficient (Wildman–Crippen LogP) is 1.56. The average molecular weight is 270 g/mol. The number of amides is 1. The first-order valence-electron chi connectivity index (χ1n) is 6.01. The van der Waals surface area contributed by atoms with E-state index in [1.54, 1.807) is 35.0 Å². The molecule has 0 aliphatic rings. The van der Waals surface area contributed by atoms with Crippen LogP contribution in [0.1, 0.15) is 21.9 Å². The van der Waals surface area contributed by atoms with E-state index >= 15 is 0 Å². The Hall–Kier alpha value is -2.76. The number of nitrogens with zero attached hydrogens (tertiary/aromatic N) is 3. The number of nitrogens with two attached hydrogens (primary N) is 1. The lowest BCUT2D eigenvalue weighted by Gasteiger charge is -2.00. The van der Waals surface area contributed by atoms with E-state index in [2.05, 4.69) is 9.97 Å². The molecule has 0 atom stereocenters. The summed E-state index contributed by atoms with van der Waals surface area (Å²) in [7, 11) is 0. The first-order valence-corrected chi connectivity index (χ1v) is 6.01. The number of carbonyl (C=O) groups excluding carboxylic acids is 1. The molecule has 0 radical (unpaired) electrons. The first-order chi connectivity index (χ1) is 9.66. The standard InChI is InChI=1S/C14H11FN4O/c15-10-4-2-1-3-9(10)7-11-12-8-17-5-6-19(12)14(18-11)13(16)20/h1-6,8H,7H2,(H2,16,20). The largest absolute Gasteiger partial charge is 0.363 e. The molecule has 20 heavy (non-hydrogen) atoms. The topological polar surface area (TPSA) is 73.3 Å². The molecule has 1 amide bonds. The van der Waals surface area contributed by atoms with Gasteiger partial charge in [0.25, 0.3) is 5.91 Å². The van der Waals surface area contributed by atoms with E-state index in [-0.39, 0.29) is 18.1 Å². The summed E-state index contributed by atoms with van der Waals surface area (Å²) in [5.74, 6) is -0.821. The van der Waals surface area contributed by atoms with E-state index in [4.69, 9.17) is 5.73 Å². The highest BCUT2D eigenvalue weighted by Crippen LogP contribution is 2.17. The SMILES string of the molecule is NC(=O)c1nc(Cc2ccccc2F)c2cnccn12. The summed E-state index contributed by atoms with van der Waals surface area (Å²) in [6.45, 7) is 0. The molecular formula is C14H11FN4O. The molecule has 100 valence electrons. The molecule has 1 aromatic carbocycles. The van der Waals surface area contributed by atoms with Crippen LogP contribution in [0.5, 0.6) is 0 Å². The zero-order chi connectivity index (χ0) is 14.1. The second kappa shape index (κ2) is 4.73. The monoisotopic (exact) mass is 270 g/mol. The Labute approximate surface area is 113 Å². The van der Waals surface area contributed by atoms with E-state index in [0.29, 0.717) is 16.8 Å². The summed E-state index contributed by atoms with van der Waals surface area (Å²) in [5.41, 5.74) is 7.02. The minimum absolute atomic E-state index is 0.119. The van der Waals surface area contributed by atoms with Crippen molar-refractivity contribution >= 4 is 11.4 Å². The van der Waals surface area contributed by atoms with Crippen molar-refractivity contribution in [2.45, 2.75) is 6.42 Å². The molecule has 3 rings (SSSR count). The number of primary amides is 1. The summed E-state index contributed by atoms with van der Waals surface area (Å²) in [6.07, 6.45) is 4.99. The molecule has 3 aromatic rings. The van der Waals surface area contributed by atoms with Crippen LogP contribution in [0.3, 0.4) is 0 Å². The van der Waals surface area contributed by atoms with Crippen molar-refractivity contribution < 1.29 is 9.18 Å². The average Bonchev–Trinajstić information content (AvgIpc) is 2.81. The maximum atomic E-state index is 13.7. The summed E-state index contributed by atoms with van der Waals surface area (Å²) in [5, 5.41) is 0. The number of halogens is 1. The maximum absolute atomic E-state index is 13.7. The molecule has 2 heterocycles. The maximum Gasteiger partial charge on any atom is 0.285 e. The van der Waals surface area contributed by atoms with Crippen LogP contribution in [0.15, 0.2) is 42.9 Å². The van der Waals surface area contributed by atoms with Gasteiger partial charge >= 0.3 is 0 Å². The molecule has 0 saturated carbocycles. The fraction of sp³-hybridized carbons (Fsp3) is 0.0714. The summed E-state index contributed by atoms with van der Waals surface area (Å²) >= 11 is 0. The lowest BCUT2D eigenvalue weighted by molar-refractivity contribution is 0.0990. The van der Waals surface area contributed by atoms with Crippen LogP contribution in [0.2, 0.25) is 0 Å². The summed E-state index contributed by atoms with van der Waals surface area (Å²) < 4.78 is 15.3. The third-order valence-corrected chi connectivity index (χ3v) is 3.06. The van der Waals surface area contributed by atoms with E-state index in [9.17, 15) is 9.18 Å². The van der Waals surface area contributed by atoms with Crippen LogP contribution in [-0.4, -0.2) is 20.3 Å². The van der Waals surface area contributed by atoms with Gasteiger partial charge in [-0.25, -0.2) is 9.37 Å². The molecule has 0 spiro atoms. The molecule has 0 bridgehead atoms. The van der Waals surface area contributed by atoms with Crippen molar-refractivity contribution in [2.75, 3.05) is 0 Å². The quantitative estimate of drug-likeness (QED) is 0.785. The van der Waals surface area contributed by atoms with Crippen LogP contribution in [0.4, 0.5) is 4.39 Å². The van der Waals surface area contributed by atoms with E-state index in [1.165, 1.54) is 12.3 Å². The highest BCUT2D eigenvalue weighted by Gasteiger charge is 2.16. The molecule has 2 aromatic heterocycles. The predicted molar refractivity (Wildman–Crippen MR) is 70.7 cm³/mol. The number of hydrogen-bond donors (Lipinski definition) is 1. The number of hydrogen-bond acceptors (Lipinski definition) is 3. The van der Waals surface area contributed by atoms with E-state index in [0.717, 1.165) is 0 Å². The smallest absolute Gasteiger partial charge is 0.285 e. The van der Waals surface area contributed by atoms with Crippen molar-refractivity contribution in [3.05, 3.63) is 65.8 Å². The van der Waals surface area contributed by atoms with Gasteiger partial charge in [0.15, 0.2) is 0 Å². The second-order valence-corrected chi connectivity index (χ2v) is 4.35. The molecule has 0 aliphatic carbocycles. The lowest BCUT2D eigenvalue weighted by atomic mass is 10.1. The van der Waals surface area contributed by atoms with E-state index < -0.39 is 5.91 Å². The zero-order valence-electron chi connectivity index (χ0n) is 10.5. The normalized spacial score (nSPS) is 10.8. The summed E-state index contributed by atoms with van der Waals surface area (Å²) in [6, 6.07) is 6.45. The van der Waals surface area contributed by atoms with Crippen LogP contribution in [-0.2, 0) is 6.42 Å². The van der Waals surface area contributed by atoms with Gasteiger partial charge in [0.05, 0.1) is 17.4 Å². The Bertz CT molecular complexity index is 797. The van der Waals surface area contributed by atoms with Crippen molar-refractivity contribution in [1.29, 1.82) is 0 Å². The molecule has 6 heteroatoms. The second-order valence-electron chi connectivity index (χ2n) is 4.35. The van der Waals surface area contributed by atoms with Crippen LogP contribution < -0.4 is 5.73 Å². The van der Waals surface area contributed by atoms with Gasteiger partial charge in [-0.2, -0.15) is 0 Å². The van der Waals surface area contributed by atoms with Gasteiger partial charge in [-0.15, -0.1) is 0 Å². The van der Waals surface area contributed by atoms with Gasteiger partial charge in [-0.05, 0) is 11.6 Å². The third-order valence-electron chi connectivity index (χ3n) is 3.06. The minimum atomic E-state index is -0.633. The number of rotatable bonds is 3. The fourth-order valence-electron chi connectivity index (χ4n) is 2.12. The number of fused-ring (bicyclic) bond motifs is 1. The Balaban J connectivity index is 2.13. The van der Waals surface area contributed by atoms with Crippen LogP contribution >= 0.6 is 0 Å². The summed E-state index contributed by atoms with van der Waals surface area (Å²) in [4.78, 5) is 19.6. The van der Waals surface area contributed by atoms with Crippen LogP contribution in [0, 0.1) is 5.82 Å². The van der Waals surface area contributed by atoms with Gasteiger partial charge in [-0.1, -0.05) is 18.2 Å². The van der Waals surface area contributed by atoms with Crippen LogP contribution in [0.25, 0.3) is 5.52 Å². The highest BCUT2D eigenvalue weighted by atomic mass is 19.1. The van der Waals surface area contributed by atoms with Gasteiger partial charge in [0.1, 0.15) is 5.82 Å². The van der Waals surface area contributed by atoms with Crippen molar-refractivity contribution in [3.63, 3.8) is 0 Å². The van der Waals surface area contributed by atoms with Gasteiger partial charge in [-0.3, -0.25) is 14.2 Å². The van der Waals surface area contributed by atoms with Crippen molar-refractivity contribution in [2.24, 2.45) is 5.73 Å². The van der Waals surface area contributed by atoms with Crippen molar-refractivity contribution in [1.82, 2.24) is 14.4 Å². The minimum Gasteiger partial charge on any atom is -0.363 e. The Morgan fingerprint density at radius 3 is 2.90 bits per heavy atom. The molecule has 5 nitrogen and oxygen atoms in total. The number of benzene rings is 1. The van der Waals surface area contributed by atoms with Gasteiger partial charge < -0.3 is 5.73 Å². The Kier molecular flexibility index (Phi) is 2.90. The first kappa shape index (κ1) is 12.3. The molecule has 0 unspecified atom stereocenters. The Morgan fingerprint density at radius 2 is 2.15 bits per heavy atom. The third kappa shape index (κ3) is 2.01. The molecule has 0 fully saturated rings. The van der Waals surface area contributed by atoms with E-state index in [1.807, 2.05) is 0 Å². The number of carbonyl (C=O) groups is 1. The number of aromatic nitrogens is 3. The molecule has 0 saturated heterocycles. The van der Waals surface area contributed by atoms with Gasteiger partial charge in [0.2, 0.25) is 5.82 Å². The molecule has 0 aliphatic heterocycles. The zero-order valence-corrected chi connectivity index (χ0v) is 10.5. The number of imidazole rings is 1. The van der Waals surface area contributed by atoms with Gasteiger partial charge in [0, 0.05) is 18.8 Å². The molecular weight excluding hydrogens is 259 g/mol. The lowest BCUT2D eigenvalue weighted by Crippen LogP contribution is -2.15. The van der Waals surface area contributed by atoms with Crippen molar-refractivity contribution in [3.8, 4) is 0 Å².